The van der Waals surface area contributed by atoms with E-state index in [1.165, 1.54) is 0 Å². The molecule has 1 rings (SSSR count). The monoisotopic (exact) mass is 284 g/mol. The van der Waals surface area contributed by atoms with Crippen molar-refractivity contribution in [2.24, 2.45) is 10.9 Å². The van der Waals surface area contributed by atoms with Gasteiger partial charge in [-0.1, -0.05) is 0 Å². The molecule has 1 saturated carbocycles. The Morgan fingerprint density at radius 1 is 1.20 bits per heavy atom. The smallest absolute Gasteiger partial charge is 0.223 e. The van der Waals surface area contributed by atoms with E-state index >= 15 is 0 Å². The highest BCUT2D eigenvalue weighted by Crippen LogP contribution is 2.28. The van der Waals surface area contributed by atoms with Crippen molar-refractivity contribution in [1.29, 1.82) is 0 Å². The van der Waals surface area contributed by atoms with Gasteiger partial charge in [0.1, 0.15) is 0 Å². The molecule has 0 aromatic carbocycles. The van der Waals surface area contributed by atoms with E-state index < -0.39 is 0 Å². The van der Waals surface area contributed by atoms with Gasteiger partial charge in [-0.05, 0) is 33.1 Å². The van der Waals surface area contributed by atoms with Crippen LogP contribution >= 0.6 is 0 Å². The molecule has 0 spiro atoms. The summed E-state index contributed by atoms with van der Waals surface area (Å²) in [4.78, 5) is 15.9. The SMILES string of the molecule is CCNC(=NCCCOCC)NCCNC(=O)C1CC1. The van der Waals surface area contributed by atoms with Crippen LogP contribution in [0.1, 0.15) is 33.1 Å². The lowest BCUT2D eigenvalue weighted by Gasteiger charge is -2.11. The van der Waals surface area contributed by atoms with Crippen molar-refractivity contribution in [2.45, 2.75) is 33.1 Å². The lowest BCUT2D eigenvalue weighted by atomic mass is 10.4. The predicted molar refractivity (Wildman–Crippen MR) is 80.8 cm³/mol. The number of rotatable bonds is 10. The van der Waals surface area contributed by atoms with Crippen molar-refractivity contribution in [3.63, 3.8) is 0 Å². The Kier molecular flexibility index (Phi) is 8.78. The van der Waals surface area contributed by atoms with Crippen LogP contribution in [0.5, 0.6) is 0 Å². The normalized spacial score (nSPS) is 15.0. The van der Waals surface area contributed by atoms with Crippen molar-refractivity contribution >= 4 is 11.9 Å². The molecule has 0 bridgehead atoms. The molecule has 1 amide bonds. The molecular weight excluding hydrogens is 256 g/mol. The van der Waals surface area contributed by atoms with Gasteiger partial charge in [-0.2, -0.15) is 0 Å². The first-order chi connectivity index (χ1) is 9.77. The van der Waals surface area contributed by atoms with Crippen LogP contribution in [-0.2, 0) is 9.53 Å². The number of hydrogen-bond acceptors (Lipinski definition) is 3. The zero-order chi connectivity index (χ0) is 14.6. The summed E-state index contributed by atoms with van der Waals surface area (Å²) in [6.45, 7) is 8.42. The first-order valence-electron chi connectivity index (χ1n) is 7.65. The number of guanidine groups is 1. The molecule has 0 radical (unpaired) electrons. The second-order valence-electron chi connectivity index (χ2n) is 4.80. The molecular formula is C14H28N4O2. The summed E-state index contributed by atoms with van der Waals surface area (Å²) in [5, 5.41) is 9.31. The standard InChI is InChI=1S/C14H28N4O2/c1-3-15-14(17-8-5-11-20-4-2)18-10-9-16-13(19)12-6-7-12/h12H,3-11H2,1-2H3,(H,16,19)(H2,15,17,18). The van der Waals surface area contributed by atoms with Crippen LogP contribution in [0.4, 0.5) is 0 Å². The molecule has 0 saturated heterocycles. The Balaban J connectivity index is 2.09. The second-order valence-corrected chi connectivity index (χ2v) is 4.80. The Labute approximate surface area is 121 Å². The number of nitrogens with one attached hydrogen (secondary N) is 3. The van der Waals surface area contributed by atoms with Gasteiger partial charge < -0.3 is 20.7 Å². The average Bonchev–Trinajstić information content (AvgIpc) is 3.27. The molecule has 1 fully saturated rings. The summed E-state index contributed by atoms with van der Waals surface area (Å²) in [5.74, 6) is 1.26. The van der Waals surface area contributed by atoms with Crippen LogP contribution < -0.4 is 16.0 Å². The summed E-state index contributed by atoms with van der Waals surface area (Å²) in [6.07, 6.45) is 3.01. The fraction of sp³-hybridized carbons (Fsp3) is 0.857. The van der Waals surface area contributed by atoms with E-state index in [-0.39, 0.29) is 11.8 Å². The van der Waals surface area contributed by atoms with Crippen molar-refractivity contribution in [1.82, 2.24) is 16.0 Å². The molecule has 0 aromatic rings. The maximum atomic E-state index is 11.4. The van der Waals surface area contributed by atoms with Gasteiger partial charge in [0.25, 0.3) is 0 Å². The fourth-order valence-corrected chi connectivity index (χ4v) is 1.70. The predicted octanol–water partition coefficient (Wildman–Crippen LogP) is 0.494. The van der Waals surface area contributed by atoms with Gasteiger partial charge in [-0.25, -0.2) is 0 Å². The molecule has 0 aliphatic heterocycles. The van der Waals surface area contributed by atoms with E-state index in [0.29, 0.717) is 13.1 Å². The molecule has 0 atom stereocenters. The Morgan fingerprint density at radius 3 is 2.60 bits per heavy atom. The third-order valence-corrected chi connectivity index (χ3v) is 2.93. The van der Waals surface area contributed by atoms with E-state index in [9.17, 15) is 4.79 Å². The molecule has 1 aliphatic carbocycles. The Morgan fingerprint density at radius 2 is 1.95 bits per heavy atom. The Bertz CT molecular complexity index is 304. The Hall–Kier alpha value is -1.30. The molecule has 1 aliphatic rings. The number of carbonyl (C=O) groups excluding carboxylic acids is 1. The summed E-state index contributed by atoms with van der Waals surface area (Å²) in [7, 11) is 0. The molecule has 6 nitrogen and oxygen atoms in total. The number of amides is 1. The van der Waals surface area contributed by atoms with E-state index in [4.69, 9.17) is 4.74 Å². The number of nitrogens with zero attached hydrogens (tertiary/aromatic N) is 1. The van der Waals surface area contributed by atoms with Crippen molar-refractivity contribution in [3.8, 4) is 0 Å². The van der Waals surface area contributed by atoms with Gasteiger partial charge in [0.2, 0.25) is 5.91 Å². The molecule has 3 N–H and O–H groups in total. The third kappa shape index (κ3) is 7.99. The maximum Gasteiger partial charge on any atom is 0.223 e. The molecule has 116 valence electrons. The van der Waals surface area contributed by atoms with E-state index in [1.54, 1.807) is 0 Å². The van der Waals surface area contributed by atoms with Gasteiger partial charge in [0.15, 0.2) is 5.96 Å². The molecule has 0 aromatic heterocycles. The van der Waals surface area contributed by atoms with Crippen molar-refractivity contribution < 1.29 is 9.53 Å². The van der Waals surface area contributed by atoms with E-state index in [0.717, 1.165) is 51.5 Å². The minimum absolute atomic E-state index is 0.186. The number of carbonyl (C=O) groups is 1. The fourth-order valence-electron chi connectivity index (χ4n) is 1.70. The topological polar surface area (TPSA) is 74.8 Å². The second kappa shape index (κ2) is 10.5. The number of aliphatic imine (C=N–C) groups is 1. The summed E-state index contributed by atoms with van der Waals surface area (Å²) in [5.41, 5.74) is 0. The number of hydrogen-bond donors (Lipinski definition) is 3. The summed E-state index contributed by atoms with van der Waals surface area (Å²) < 4.78 is 5.27. The van der Waals surface area contributed by atoms with Crippen molar-refractivity contribution in [2.75, 3.05) is 39.4 Å². The van der Waals surface area contributed by atoms with Gasteiger partial charge >= 0.3 is 0 Å². The van der Waals surface area contributed by atoms with Crippen LogP contribution in [0.3, 0.4) is 0 Å². The van der Waals surface area contributed by atoms with Crippen molar-refractivity contribution in [3.05, 3.63) is 0 Å². The molecule has 6 heteroatoms. The minimum Gasteiger partial charge on any atom is -0.382 e. The summed E-state index contributed by atoms with van der Waals surface area (Å²) in [6, 6.07) is 0. The average molecular weight is 284 g/mol. The highest BCUT2D eigenvalue weighted by Gasteiger charge is 2.28. The highest BCUT2D eigenvalue weighted by atomic mass is 16.5. The molecule has 20 heavy (non-hydrogen) atoms. The zero-order valence-electron chi connectivity index (χ0n) is 12.7. The van der Waals surface area contributed by atoms with Crippen LogP contribution in [0, 0.1) is 5.92 Å². The molecule has 0 heterocycles. The van der Waals surface area contributed by atoms with Crippen LogP contribution in [0.25, 0.3) is 0 Å². The van der Waals surface area contributed by atoms with Gasteiger partial charge in [-0.15, -0.1) is 0 Å². The minimum atomic E-state index is 0.186. The van der Waals surface area contributed by atoms with Crippen LogP contribution in [0.2, 0.25) is 0 Å². The van der Waals surface area contributed by atoms with Gasteiger partial charge in [-0.3, -0.25) is 9.79 Å². The van der Waals surface area contributed by atoms with Crippen LogP contribution in [-0.4, -0.2) is 51.3 Å². The lowest BCUT2D eigenvalue weighted by molar-refractivity contribution is -0.122. The largest absolute Gasteiger partial charge is 0.382 e. The third-order valence-electron chi connectivity index (χ3n) is 2.93. The van der Waals surface area contributed by atoms with Gasteiger partial charge in [0, 0.05) is 45.3 Å². The first kappa shape index (κ1) is 16.8. The molecule has 0 unspecified atom stereocenters. The summed E-state index contributed by atoms with van der Waals surface area (Å²) >= 11 is 0. The lowest BCUT2D eigenvalue weighted by Crippen LogP contribution is -2.41. The van der Waals surface area contributed by atoms with Gasteiger partial charge in [0.05, 0.1) is 0 Å². The van der Waals surface area contributed by atoms with Crippen LogP contribution in [0.15, 0.2) is 4.99 Å². The first-order valence-corrected chi connectivity index (χ1v) is 7.65. The van der Waals surface area contributed by atoms with E-state index in [2.05, 4.69) is 20.9 Å². The zero-order valence-corrected chi connectivity index (χ0v) is 12.7. The van der Waals surface area contributed by atoms with E-state index in [1.807, 2.05) is 13.8 Å². The highest BCUT2D eigenvalue weighted by molar-refractivity contribution is 5.81. The quantitative estimate of drug-likeness (QED) is 0.310. The number of ether oxygens (including phenoxy) is 1. The maximum absolute atomic E-state index is 11.4.